The fourth-order valence-electron chi connectivity index (χ4n) is 3.19. The minimum atomic E-state index is -0.183. The number of carbonyl (C=O) groups excluding carboxylic acids is 2. The first kappa shape index (κ1) is 23.7. The van der Waals surface area contributed by atoms with Gasteiger partial charge in [0.25, 0.3) is 5.91 Å². The van der Waals surface area contributed by atoms with Gasteiger partial charge in [0.1, 0.15) is 5.75 Å². The molecule has 3 aromatic rings. The van der Waals surface area contributed by atoms with Crippen LogP contribution in [0.15, 0.2) is 72.8 Å². The molecule has 0 aliphatic rings. The van der Waals surface area contributed by atoms with Crippen molar-refractivity contribution < 1.29 is 14.3 Å². The third-order valence-electron chi connectivity index (χ3n) is 4.78. The van der Waals surface area contributed by atoms with Gasteiger partial charge in [-0.3, -0.25) is 9.59 Å². The summed E-state index contributed by atoms with van der Waals surface area (Å²) in [5.41, 5.74) is 3.11. The van der Waals surface area contributed by atoms with E-state index in [1.807, 2.05) is 54.6 Å². The van der Waals surface area contributed by atoms with Crippen molar-refractivity contribution in [3.8, 4) is 5.75 Å². The number of halogens is 1. The highest BCUT2D eigenvalue weighted by molar-refractivity contribution is 8.00. The van der Waals surface area contributed by atoms with E-state index in [9.17, 15) is 9.59 Å². The monoisotopic (exact) mass is 468 g/mol. The number of nitrogens with one attached hydrogen (secondary N) is 1. The Morgan fingerprint density at radius 2 is 1.66 bits per heavy atom. The second-order valence-corrected chi connectivity index (χ2v) is 8.85. The van der Waals surface area contributed by atoms with Crippen LogP contribution in [-0.2, 0) is 4.79 Å². The Bertz CT molecular complexity index is 1070. The van der Waals surface area contributed by atoms with Crippen LogP contribution in [0.2, 0.25) is 5.02 Å². The lowest BCUT2D eigenvalue weighted by atomic mass is 10.0. The fourth-order valence-corrected chi connectivity index (χ4v) is 4.41. The molecule has 0 aliphatic heterocycles. The van der Waals surface area contributed by atoms with E-state index in [0.29, 0.717) is 22.0 Å². The first-order valence-corrected chi connectivity index (χ1v) is 11.4. The summed E-state index contributed by atoms with van der Waals surface area (Å²) in [6.07, 6.45) is 0. The molecule has 2 amide bonds. The molecule has 1 unspecified atom stereocenters. The molecular weight excluding hydrogens is 444 g/mol. The molecule has 0 fully saturated rings. The van der Waals surface area contributed by atoms with Crippen LogP contribution in [0.5, 0.6) is 5.75 Å². The number of benzene rings is 3. The smallest absolute Gasteiger partial charge is 0.253 e. The zero-order valence-electron chi connectivity index (χ0n) is 18.2. The largest absolute Gasteiger partial charge is 0.495 e. The second kappa shape index (κ2) is 11.1. The summed E-state index contributed by atoms with van der Waals surface area (Å²) < 4.78 is 5.36. The van der Waals surface area contributed by atoms with E-state index in [0.717, 1.165) is 11.1 Å². The van der Waals surface area contributed by atoms with Gasteiger partial charge in [-0.25, -0.2) is 0 Å². The number of nitrogens with zero attached hydrogens (tertiary/aromatic N) is 1. The van der Waals surface area contributed by atoms with Gasteiger partial charge in [0, 0.05) is 24.7 Å². The molecule has 0 heterocycles. The van der Waals surface area contributed by atoms with Gasteiger partial charge < -0.3 is 15.0 Å². The maximum atomic E-state index is 12.8. The standard InChI is InChI=1S/C25H25ClN2O3S/c1-28(2)25(30)19-11-14-22(31-3)21(15-19)27-23(29)16-32-24(17-7-5-4-6-8-17)18-9-12-20(26)13-10-18/h4-15,24H,16H2,1-3H3,(H,27,29). The molecule has 3 rings (SSSR count). The highest BCUT2D eigenvalue weighted by Gasteiger charge is 2.18. The number of hydrogen-bond donors (Lipinski definition) is 1. The third kappa shape index (κ3) is 6.05. The minimum absolute atomic E-state index is 0.0252. The molecule has 0 spiro atoms. The topological polar surface area (TPSA) is 58.6 Å². The molecule has 0 bridgehead atoms. The third-order valence-corrected chi connectivity index (χ3v) is 6.34. The van der Waals surface area contributed by atoms with Crippen LogP contribution in [-0.4, -0.2) is 43.7 Å². The SMILES string of the molecule is COc1ccc(C(=O)N(C)C)cc1NC(=O)CSC(c1ccccc1)c1ccc(Cl)cc1. The van der Waals surface area contributed by atoms with Crippen molar-refractivity contribution in [1.29, 1.82) is 0 Å². The fraction of sp³-hybridized carbons (Fsp3) is 0.200. The van der Waals surface area contributed by atoms with E-state index in [1.54, 1.807) is 32.3 Å². The molecule has 166 valence electrons. The summed E-state index contributed by atoms with van der Waals surface area (Å²) in [5.74, 6) is 0.384. The molecule has 1 atom stereocenters. The number of methoxy groups -OCH3 is 1. The van der Waals surface area contributed by atoms with E-state index >= 15 is 0 Å². The van der Waals surface area contributed by atoms with Gasteiger partial charge >= 0.3 is 0 Å². The molecule has 0 saturated heterocycles. The molecule has 0 saturated carbocycles. The van der Waals surface area contributed by atoms with Gasteiger partial charge in [0.15, 0.2) is 0 Å². The van der Waals surface area contributed by atoms with Gasteiger partial charge in [-0.1, -0.05) is 54.1 Å². The van der Waals surface area contributed by atoms with Crippen LogP contribution in [0, 0.1) is 0 Å². The summed E-state index contributed by atoms with van der Waals surface area (Å²) in [5, 5.41) is 3.53. The number of amides is 2. The van der Waals surface area contributed by atoms with Gasteiger partial charge in [-0.2, -0.15) is 0 Å². The zero-order valence-corrected chi connectivity index (χ0v) is 19.7. The molecule has 7 heteroatoms. The zero-order chi connectivity index (χ0) is 23.1. The average Bonchev–Trinajstić information content (AvgIpc) is 2.80. The van der Waals surface area contributed by atoms with Gasteiger partial charge in [-0.05, 0) is 41.5 Å². The van der Waals surface area contributed by atoms with E-state index in [1.165, 1.54) is 23.8 Å². The Kier molecular flexibility index (Phi) is 8.20. The number of carbonyl (C=O) groups is 2. The van der Waals surface area contributed by atoms with Crippen molar-refractivity contribution in [1.82, 2.24) is 4.90 Å². The average molecular weight is 469 g/mol. The first-order chi connectivity index (χ1) is 15.4. The summed E-state index contributed by atoms with van der Waals surface area (Å²) in [4.78, 5) is 26.6. The van der Waals surface area contributed by atoms with Gasteiger partial charge in [0.05, 0.1) is 23.8 Å². The number of anilines is 1. The Hall–Kier alpha value is -2.96. The van der Waals surface area contributed by atoms with Crippen LogP contribution in [0.25, 0.3) is 0 Å². The second-order valence-electron chi connectivity index (χ2n) is 7.32. The molecule has 0 aromatic heterocycles. The number of thioether (sulfide) groups is 1. The van der Waals surface area contributed by atoms with E-state index in [2.05, 4.69) is 5.32 Å². The predicted octanol–water partition coefficient (Wildman–Crippen LogP) is 5.51. The maximum Gasteiger partial charge on any atom is 0.253 e. The minimum Gasteiger partial charge on any atom is -0.495 e. The van der Waals surface area contributed by atoms with Crippen LogP contribution in [0.3, 0.4) is 0 Å². The first-order valence-electron chi connectivity index (χ1n) is 10.0. The lowest BCUT2D eigenvalue weighted by Gasteiger charge is -2.18. The van der Waals surface area contributed by atoms with E-state index in [4.69, 9.17) is 16.3 Å². The molecule has 0 radical (unpaired) electrons. The lowest BCUT2D eigenvalue weighted by Crippen LogP contribution is -2.22. The van der Waals surface area contributed by atoms with Crippen molar-refractivity contribution in [2.75, 3.05) is 32.3 Å². The Balaban J connectivity index is 1.76. The number of rotatable bonds is 8. The number of ether oxygens (including phenoxy) is 1. The van der Waals surface area contributed by atoms with Gasteiger partial charge in [-0.15, -0.1) is 11.8 Å². The maximum absolute atomic E-state index is 12.8. The quantitative estimate of drug-likeness (QED) is 0.473. The predicted molar refractivity (Wildman–Crippen MR) is 132 cm³/mol. The van der Waals surface area contributed by atoms with Crippen molar-refractivity contribution in [2.24, 2.45) is 0 Å². The highest BCUT2D eigenvalue weighted by atomic mass is 35.5. The Morgan fingerprint density at radius 3 is 2.28 bits per heavy atom. The lowest BCUT2D eigenvalue weighted by molar-refractivity contribution is -0.113. The molecule has 3 aromatic carbocycles. The van der Waals surface area contributed by atoms with Crippen molar-refractivity contribution in [3.63, 3.8) is 0 Å². The summed E-state index contributed by atoms with van der Waals surface area (Å²) in [7, 11) is 4.89. The summed E-state index contributed by atoms with van der Waals surface area (Å²) >= 11 is 7.57. The van der Waals surface area contributed by atoms with Crippen molar-refractivity contribution in [2.45, 2.75) is 5.25 Å². The van der Waals surface area contributed by atoms with Crippen LogP contribution in [0.4, 0.5) is 5.69 Å². The molecule has 5 nitrogen and oxygen atoms in total. The molecule has 1 N–H and O–H groups in total. The van der Waals surface area contributed by atoms with E-state index in [-0.39, 0.29) is 22.8 Å². The van der Waals surface area contributed by atoms with Crippen LogP contribution >= 0.6 is 23.4 Å². The normalized spacial score (nSPS) is 11.5. The Morgan fingerprint density at radius 1 is 1.00 bits per heavy atom. The van der Waals surface area contributed by atoms with Crippen molar-refractivity contribution >= 4 is 40.9 Å². The molecule has 0 aliphatic carbocycles. The van der Waals surface area contributed by atoms with Crippen molar-refractivity contribution in [3.05, 3.63) is 94.5 Å². The van der Waals surface area contributed by atoms with Crippen LogP contribution in [0.1, 0.15) is 26.7 Å². The summed E-state index contributed by atoms with van der Waals surface area (Å²) in [6.45, 7) is 0. The van der Waals surface area contributed by atoms with E-state index < -0.39 is 0 Å². The van der Waals surface area contributed by atoms with Gasteiger partial charge in [0.2, 0.25) is 5.91 Å². The highest BCUT2D eigenvalue weighted by Crippen LogP contribution is 2.36. The Labute approximate surface area is 197 Å². The summed E-state index contributed by atoms with van der Waals surface area (Å²) in [6, 6.07) is 22.7. The van der Waals surface area contributed by atoms with Crippen LogP contribution < -0.4 is 10.1 Å². The molecule has 32 heavy (non-hydrogen) atoms. The number of hydrogen-bond acceptors (Lipinski definition) is 4. The molecular formula is C25H25ClN2O3S.